The minimum atomic E-state index is -1.15. The van der Waals surface area contributed by atoms with E-state index in [0.717, 1.165) is 26.1 Å². The van der Waals surface area contributed by atoms with Gasteiger partial charge in [0.05, 0.1) is 0 Å². The summed E-state index contributed by atoms with van der Waals surface area (Å²) >= 11 is 0. The van der Waals surface area contributed by atoms with Crippen LogP contribution >= 0.6 is 0 Å². The fourth-order valence-corrected chi connectivity index (χ4v) is 1.52. The van der Waals surface area contributed by atoms with Crippen LogP contribution < -0.4 is 10.6 Å². The Labute approximate surface area is 119 Å². The van der Waals surface area contributed by atoms with E-state index >= 15 is 0 Å². The molecule has 0 radical (unpaired) electrons. The van der Waals surface area contributed by atoms with Crippen LogP contribution in [-0.4, -0.2) is 54.6 Å². The lowest BCUT2D eigenvalue weighted by Gasteiger charge is -2.17. The fraction of sp³-hybridized carbons (Fsp3) is 0.615. The smallest absolute Gasteiger partial charge is 0.322 e. The summed E-state index contributed by atoms with van der Waals surface area (Å²) in [6.45, 7) is 7.27. The number of aliphatic carboxylic acids is 1. The lowest BCUT2D eigenvalue weighted by atomic mass is 10.3. The number of carbonyl (C=O) groups excluding carboxylic acids is 1. The van der Waals surface area contributed by atoms with E-state index in [1.165, 1.54) is 6.20 Å². The van der Waals surface area contributed by atoms with Crippen molar-refractivity contribution in [3.05, 3.63) is 11.8 Å². The zero-order valence-electron chi connectivity index (χ0n) is 12.0. The molecular weight excluding hydrogens is 260 g/mol. The van der Waals surface area contributed by atoms with Crippen LogP contribution in [-0.2, 0) is 9.59 Å². The topological polar surface area (TPSA) is 105 Å². The van der Waals surface area contributed by atoms with Gasteiger partial charge in [0.15, 0.2) is 0 Å². The zero-order chi connectivity index (χ0) is 15.4. The molecule has 1 amide bonds. The largest absolute Gasteiger partial charge is 0.480 e. The molecule has 0 heterocycles. The Kier molecular flexibility index (Phi) is 9.70. The minimum absolute atomic E-state index is 0.130. The summed E-state index contributed by atoms with van der Waals surface area (Å²) in [4.78, 5) is 24.0. The van der Waals surface area contributed by atoms with E-state index in [-0.39, 0.29) is 5.57 Å². The van der Waals surface area contributed by atoms with Crippen LogP contribution in [0.5, 0.6) is 0 Å². The van der Waals surface area contributed by atoms with Crippen molar-refractivity contribution in [1.29, 1.82) is 5.26 Å². The Morgan fingerprint density at radius 1 is 1.35 bits per heavy atom. The second-order valence-electron chi connectivity index (χ2n) is 4.08. The highest BCUT2D eigenvalue weighted by molar-refractivity contribution is 5.98. The molecule has 0 aromatic rings. The fourth-order valence-electron chi connectivity index (χ4n) is 1.52. The molecule has 0 atom stereocenters. The summed E-state index contributed by atoms with van der Waals surface area (Å²) in [5, 5.41) is 22.3. The number of nitrogens with one attached hydrogen (secondary N) is 2. The number of hydrogen-bond acceptors (Lipinski definition) is 5. The molecule has 0 bridgehead atoms. The van der Waals surface area contributed by atoms with Gasteiger partial charge in [0.25, 0.3) is 5.91 Å². The molecule has 7 nitrogen and oxygen atoms in total. The molecule has 0 aromatic heterocycles. The second-order valence-corrected chi connectivity index (χ2v) is 4.08. The highest BCUT2D eigenvalue weighted by Gasteiger charge is 2.09. The Morgan fingerprint density at radius 3 is 2.50 bits per heavy atom. The van der Waals surface area contributed by atoms with Crippen LogP contribution in [0.25, 0.3) is 0 Å². The van der Waals surface area contributed by atoms with Gasteiger partial charge in [-0.3, -0.25) is 9.59 Å². The number of carboxylic acid groups (broad SMARTS) is 1. The van der Waals surface area contributed by atoms with Gasteiger partial charge in [0.2, 0.25) is 0 Å². The van der Waals surface area contributed by atoms with E-state index in [2.05, 4.69) is 29.4 Å². The summed E-state index contributed by atoms with van der Waals surface area (Å²) in [7, 11) is 0. The molecule has 7 heteroatoms. The highest BCUT2D eigenvalue weighted by Crippen LogP contribution is 1.92. The predicted octanol–water partition coefficient (Wildman–Crippen LogP) is -0.0838. The van der Waals surface area contributed by atoms with Crippen molar-refractivity contribution in [2.24, 2.45) is 0 Å². The number of nitrogens with zero attached hydrogens (tertiary/aromatic N) is 2. The Bertz CT molecular complexity index is 384. The maximum atomic E-state index is 11.4. The first kappa shape index (κ1) is 17.9. The van der Waals surface area contributed by atoms with Gasteiger partial charge in [-0.2, -0.15) is 5.26 Å². The summed E-state index contributed by atoms with van der Waals surface area (Å²) < 4.78 is 0. The van der Waals surface area contributed by atoms with Crippen LogP contribution in [0, 0.1) is 11.3 Å². The van der Waals surface area contributed by atoms with Crippen molar-refractivity contribution in [3.63, 3.8) is 0 Å². The van der Waals surface area contributed by atoms with Gasteiger partial charge < -0.3 is 20.6 Å². The number of amides is 1. The minimum Gasteiger partial charge on any atom is -0.480 e. The van der Waals surface area contributed by atoms with Gasteiger partial charge in [-0.25, -0.2) is 0 Å². The van der Waals surface area contributed by atoms with Crippen LogP contribution in [0.15, 0.2) is 11.8 Å². The first-order valence-corrected chi connectivity index (χ1v) is 6.61. The standard InChI is InChI=1S/C13H22N4O3/c1-3-17(4-2)7-5-6-15-9-11(8-14)13(20)16-10-12(18)19/h9,15H,3-7,10H2,1-2H3,(H,16,20)(H,18,19)/b11-9-. The normalized spacial score (nSPS) is 11.0. The van der Waals surface area contributed by atoms with Crippen molar-refractivity contribution in [1.82, 2.24) is 15.5 Å². The molecular formula is C13H22N4O3. The molecule has 0 aliphatic rings. The van der Waals surface area contributed by atoms with Crippen LogP contribution in [0.3, 0.4) is 0 Å². The van der Waals surface area contributed by atoms with Crippen molar-refractivity contribution in [2.75, 3.05) is 32.7 Å². The maximum Gasteiger partial charge on any atom is 0.322 e. The van der Waals surface area contributed by atoms with Crippen molar-refractivity contribution in [2.45, 2.75) is 20.3 Å². The quantitative estimate of drug-likeness (QED) is 0.294. The average molecular weight is 282 g/mol. The lowest BCUT2D eigenvalue weighted by Crippen LogP contribution is -2.31. The second kappa shape index (κ2) is 10.8. The number of carbonyl (C=O) groups is 2. The molecule has 0 unspecified atom stereocenters. The Hall–Kier alpha value is -2.07. The Balaban J connectivity index is 4.05. The zero-order valence-corrected chi connectivity index (χ0v) is 12.0. The predicted molar refractivity (Wildman–Crippen MR) is 74.7 cm³/mol. The number of hydrogen-bond donors (Lipinski definition) is 3. The lowest BCUT2D eigenvalue weighted by molar-refractivity contribution is -0.137. The molecule has 20 heavy (non-hydrogen) atoms. The van der Waals surface area contributed by atoms with Gasteiger partial charge in [-0.15, -0.1) is 0 Å². The molecule has 0 spiro atoms. The van der Waals surface area contributed by atoms with Gasteiger partial charge in [-0.1, -0.05) is 13.8 Å². The van der Waals surface area contributed by atoms with E-state index in [1.54, 1.807) is 6.07 Å². The number of nitriles is 1. The average Bonchev–Trinajstić information content (AvgIpc) is 2.44. The SMILES string of the molecule is CCN(CC)CCCN/C=C(/C#N)C(=O)NCC(=O)O. The molecule has 0 aliphatic heterocycles. The van der Waals surface area contributed by atoms with Crippen LogP contribution in [0.2, 0.25) is 0 Å². The third kappa shape index (κ3) is 8.11. The summed E-state index contributed by atoms with van der Waals surface area (Å²) in [6.07, 6.45) is 2.22. The molecule has 0 saturated carbocycles. The van der Waals surface area contributed by atoms with Gasteiger partial charge in [0, 0.05) is 12.7 Å². The van der Waals surface area contributed by atoms with Crippen LogP contribution in [0.4, 0.5) is 0 Å². The van der Waals surface area contributed by atoms with E-state index in [0.29, 0.717) is 6.54 Å². The summed E-state index contributed by atoms with van der Waals surface area (Å²) in [6, 6.07) is 1.73. The van der Waals surface area contributed by atoms with Crippen molar-refractivity contribution < 1.29 is 14.7 Å². The monoisotopic (exact) mass is 282 g/mol. The van der Waals surface area contributed by atoms with Gasteiger partial charge in [-0.05, 0) is 26.1 Å². The van der Waals surface area contributed by atoms with Crippen LogP contribution in [0.1, 0.15) is 20.3 Å². The van der Waals surface area contributed by atoms with Crippen molar-refractivity contribution in [3.8, 4) is 6.07 Å². The van der Waals surface area contributed by atoms with Gasteiger partial charge >= 0.3 is 5.97 Å². The summed E-state index contributed by atoms with van der Waals surface area (Å²) in [5.74, 6) is -1.84. The molecule has 0 saturated heterocycles. The van der Waals surface area contributed by atoms with E-state index in [1.807, 2.05) is 0 Å². The first-order chi connectivity index (χ1) is 9.54. The summed E-state index contributed by atoms with van der Waals surface area (Å²) in [5.41, 5.74) is -0.130. The van der Waals surface area contributed by atoms with E-state index in [9.17, 15) is 9.59 Å². The number of carboxylic acids is 1. The van der Waals surface area contributed by atoms with E-state index < -0.39 is 18.4 Å². The highest BCUT2D eigenvalue weighted by atomic mass is 16.4. The van der Waals surface area contributed by atoms with Crippen molar-refractivity contribution >= 4 is 11.9 Å². The third-order valence-electron chi connectivity index (χ3n) is 2.70. The van der Waals surface area contributed by atoms with E-state index in [4.69, 9.17) is 10.4 Å². The third-order valence-corrected chi connectivity index (χ3v) is 2.70. The molecule has 0 rings (SSSR count). The maximum absolute atomic E-state index is 11.4. The molecule has 0 fully saturated rings. The molecule has 0 aromatic carbocycles. The van der Waals surface area contributed by atoms with Gasteiger partial charge in [0.1, 0.15) is 18.2 Å². The molecule has 3 N–H and O–H groups in total. The first-order valence-electron chi connectivity index (χ1n) is 6.61. The number of rotatable bonds is 10. The Morgan fingerprint density at radius 2 is 2.00 bits per heavy atom. The molecule has 0 aliphatic carbocycles. The molecule has 112 valence electrons.